The molecule has 1 unspecified atom stereocenters. The van der Waals surface area contributed by atoms with Gasteiger partial charge in [-0.1, -0.05) is 6.07 Å². The van der Waals surface area contributed by atoms with Crippen molar-refractivity contribution < 1.29 is 32.2 Å². The molecule has 156 valence electrons. The van der Waals surface area contributed by atoms with E-state index < -0.39 is 31.0 Å². The molecule has 2 aromatic rings. The van der Waals surface area contributed by atoms with Gasteiger partial charge in [-0.2, -0.15) is 13.2 Å². The van der Waals surface area contributed by atoms with Crippen molar-refractivity contribution in [1.82, 2.24) is 4.98 Å². The molecule has 3 rings (SSSR count). The second-order valence-electron chi connectivity index (χ2n) is 7.12. The fourth-order valence-corrected chi connectivity index (χ4v) is 3.78. The van der Waals surface area contributed by atoms with Gasteiger partial charge in [0.25, 0.3) is 0 Å². The molecule has 0 radical (unpaired) electrons. The van der Waals surface area contributed by atoms with Gasteiger partial charge >= 0.3 is 12.1 Å². The van der Waals surface area contributed by atoms with E-state index in [1.807, 2.05) is 0 Å². The van der Waals surface area contributed by atoms with Crippen LogP contribution in [0.3, 0.4) is 0 Å². The molecule has 1 N–H and O–H groups in total. The third-order valence-corrected chi connectivity index (χ3v) is 5.20. The van der Waals surface area contributed by atoms with Crippen molar-refractivity contribution in [2.75, 3.05) is 6.61 Å². The van der Waals surface area contributed by atoms with Crippen molar-refractivity contribution in [3.05, 3.63) is 58.7 Å². The highest BCUT2D eigenvalue weighted by Gasteiger charge is 2.28. The summed E-state index contributed by atoms with van der Waals surface area (Å²) < 4.78 is 56.6. The zero-order valence-electron chi connectivity index (χ0n) is 15.6. The average molecular weight is 411 g/mol. The highest BCUT2D eigenvalue weighted by molar-refractivity contribution is 5.89. The van der Waals surface area contributed by atoms with E-state index in [0.717, 1.165) is 18.4 Å². The lowest BCUT2D eigenvalue weighted by Gasteiger charge is -2.27. The average Bonchev–Trinajstić information content (AvgIpc) is 2.67. The number of carboxylic acid groups (broad SMARTS) is 1. The number of pyridine rings is 1. The van der Waals surface area contributed by atoms with Crippen LogP contribution < -0.4 is 4.74 Å². The number of fused-ring (bicyclic) bond motifs is 1. The van der Waals surface area contributed by atoms with Crippen LogP contribution in [0.5, 0.6) is 5.75 Å². The maximum atomic E-state index is 14.8. The molecule has 0 saturated heterocycles. The van der Waals surface area contributed by atoms with Crippen molar-refractivity contribution in [3.63, 3.8) is 0 Å². The van der Waals surface area contributed by atoms with Gasteiger partial charge in [0.15, 0.2) is 11.6 Å². The number of aromatic nitrogens is 1. The Hall–Kier alpha value is -2.64. The maximum Gasteiger partial charge on any atom is 0.392 e. The first-order valence-electron chi connectivity index (χ1n) is 9.43. The number of nitrogens with zero attached hydrogens (tertiary/aromatic N) is 1. The first-order valence-corrected chi connectivity index (χ1v) is 9.43. The van der Waals surface area contributed by atoms with Gasteiger partial charge in [0, 0.05) is 12.4 Å². The van der Waals surface area contributed by atoms with Crippen LogP contribution in [-0.4, -0.2) is 28.8 Å². The van der Waals surface area contributed by atoms with E-state index >= 15 is 0 Å². The van der Waals surface area contributed by atoms with Crippen molar-refractivity contribution in [2.24, 2.45) is 0 Å². The highest BCUT2D eigenvalue weighted by atomic mass is 19.4. The number of hydrogen-bond donors (Lipinski definition) is 1. The molecule has 0 bridgehead atoms. The van der Waals surface area contributed by atoms with Crippen LogP contribution in [0.1, 0.15) is 58.6 Å². The number of hydrogen-bond acceptors (Lipinski definition) is 3. The summed E-state index contributed by atoms with van der Waals surface area (Å²) in [7, 11) is 0. The lowest BCUT2D eigenvalue weighted by Crippen LogP contribution is -2.16. The molecule has 0 aliphatic heterocycles. The summed E-state index contributed by atoms with van der Waals surface area (Å²) in [6.45, 7) is -0.623. The molecular formula is C21H21F4NO3. The number of carboxylic acids is 1. The number of ether oxygens (including phenoxy) is 1. The van der Waals surface area contributed by atoms with Crippen molar-refractivity contribution in [3.8, 4) is 5.75 Å². The summed E-state index contributed by atoms with van der Waals surface area (Å²) in [6.07, 6.45) is 0.686. The van der Waals surface area contributed by atoms with Gasteiger partial charge in [0.1, 0.15) is 0 Å². The first-order chi connectivity index (χ1) is 13.8. The van der Waals surface area contributed by atoms with Crippen LogP contribution in [-0.2, 0) is 12.8 Å². The molecule has 1 aromatic heterocycles. The monoisotopic (exact) mass is 411 g/mol. The van der Waals surface area contributed by atoms with Gasteiger partial charge in [0.05, 0.1) is 18.6 Å². The Balaban J connectivity index is 1.72. The van der Waals surface area contributed by atoms with Crippen molar-refractivity contribution in [1.29, 1.82) is 0 Å². The summed E-state index contributed by atoms with van der Waals surface area (Å²) in [5.74, 6) is -1.73. The van der Waals surface area contributed by atoms with Gasteiger partial charge in [-0.15, -0.1) is 0 Å². The van der Waals surface area contributed by atoms with E-state index in [0.29, 0.717) is 30.4 Å². The lowest BCUT2D eigenvalue weighted by atomic mass is 9.79. The fourth-order valence-electron chi connectivity index (χ4n) is 3.78. The minimum absolute atomic E-state index is 0.0410. The Labute approximate surface area is 165 Å². The number of alkyl halides is 3. The predicted octanol–water partition coefficient (Wildman–Crippen LogP) is 5.30. The van der Waals surface area contributed by atoms with Crippen LogP contribution in [0, 0.1) is 5.82 Å². The number of carbonyl (C=O) groups is 1. The maximum absolute atomic E-state index is 14.8. The third kappa shape index (κ3) is 5.25. The van der Waals surface area contributed by atoms with Gasteiger partial charge in [0.2, 0.25) is 0 Å². The largest absolute Gasteiger partial charge is 0.490 e. The van der Waals surface area contributed by atoms with Crippen LogP contribution >= 0.6 is 0 Å². The van der Waals surface area contributed by atoms with Gasteiger partial charge in [-0.3, -0.25) is 4.98 Å². The molecule has 1 aromatic carbocycles. The Morgan fingerprint density at radius 3 is 2.79 bits per heavy atom. The SMILES string of the molecule is O=C(O)c1ccncc1CCC1CCCc2c1ccc(OCCC(F)(F)F)c2F. The third-order valence-electron chi connectivity index (χ3n) is 5.20. The number of aryl methyl sites for hydroxylation is 1. The van der Waals surface area contributed by atoms with Crippen molar-refractivity contribution >= 4 is 5.97 Å². The number of rotatable bonds is 7. The summed E-state index contributed by atoms with van der Waals surface area (Å²) in [5, 5.41) is 9.29. The van der Waals surface area contributed by atoms with Crippen LogP contribution in [0.15, 0.2) is 30.6 Å². The molecule has 1 heterocycles. The molecule has 0 amide bonds. The minimum atomic E-state index is -4.35. The molecule has 0 spiro atoms. The zero-order valence-corrected chi connectivity index (χ0v) is 15.6. The second kappa shape index (κ2) is 8.80. The molecule has 0 fully saturated rings. The molecule has 29 heavy (non-hydrogen) atoms. The van der Waals surface area contributed by atoms with Crippen LogP contribution in [0.4, 0.5) is 17.6 Å². The topological polar surface area (TPSA) is 59.4 Å². The first kappa shape index (κ1) is 21.1. The quantitative estimate of drug-likeness (QED) is 0.628. The summed E-state index contributed by atoms with van der Waals surface area (Å²) >= 11 is 0. The van der Waals surface area contributed by atoms with E-state index in [-0.39, 0.29) is 17.2 Å². The standard InChI is InChI=1S/C21H21F4NO3/c22-19-17-3-1-2-13(4-5-14-12-26-10-8-16(14)20(27)28)15(17)6-7-18(19)29-11-9-21(23,24)25/h6-8,10,12-13H,1-5,9,11H2,(H,27,28). The van der Waals surface area contributed by atoms with E-state index in [1.165, 1.54) is 24.5 Å². The second-order valence-corrected chi connectivity index (χ2v) is 7.12. The number of benzene rings is 1. The Morgan fingerprint density at radius 1 is 1.28 bits per heavy atom. The molecule has 4 nitrogen and oxygen atoms in total. The molecule has 1 aliphatic rings. The minimum Gasteiger partial charge on any atom is -0.490 e. The number of halogens is 4. The van der Waals surface area contributed by atoms with E-state index in [4.69, 9.17) is 4.74 Å². The fraction of sp³-hybridized carbons (Fsp3) is 0.429. The van der Waals surface area contributed by atoms with Gasteiger partial charge < -0.3 is 9.84 Å². The van der Waals surface area contributed by atoms with E-state index in [9.17, 15) is 27.5 Å². The molecular weight excluding hydrogens is 390 g/mol. The van der Waals surface area contributed by atoms with E-state index in [1.54, 1.807) is 6.07 Å². The normalized spacial score (nSPS) is 16.3. The van der Waals surface area contributed by atoms with Gasteiger partial charge in [-0.25, -0.2) is 9.18 Å². The van der Waals surface area contributed by atoms with Crippen molar-refractivity contribution in [2.45, 2.75) is 50.6 Å². The highest BCUT2D eigenvalue weighted by Crippen LogP contribution is 2.39. The predicted molar refractivity (Wildman–Crippen MR) is 97.8 cm³/mol. The summed E-state index contributed by atoms with van der Waals surface area (Å²) in [5.41, 5.74) is 2.13. The summed E-state index contributed by atoms with van der Waals surface area (Å²) in [4.78, 5) is 15.3. The molecule has 8 heteroatoms. The zero-order chi connectivity index (χ0) is 21.0. The smallest absolute Gasteiger partial charge is 0.392 e. The lowest BCUT2D eigenvalue weighted by molar-refractivity contribution is -0.139. The van der Waals surface area contributed by atoms with Crippen LogP contribution in [0.25, 0.3) is 0 Å². The Morgan fingerprint density at radius 2 is 2.07 bits per heavy atom. The molecule has 1 aliphatic carbocycles. The van der Waals surface area contributed by atoms with Crippen LogP contribution in [0.2, 0.25) is 0 Å². The summed E-state index contributed by atoms with van der Waals surface area (Å²) in [6, 6.07) is 4.55. The Kier molecular flexibility index (Phi) is 6.39. The molecule has 1 atom stereocenters. The van der Waals surface area contributed by atoms with E-state index in [2.05, 4.69) is 4.98 Å². The Bertz CT molecular complexity index is 883. The number of aromatic carboxylic acids is 1. The van der Waals surface area contributed by atoms with Gasteiger partial charge in [-0.05, 0) is 66.8 Å². The molecule has 0 saturated carbocycles.